The molecular weight excluding hydrogens is 210 g/mol. The summed E-state index contributed by atoms with van der Waals surface area (Å²) >= 11 is 0. The Morgan fingerprint density at radius 3 is 2.71 bits per heavy atom. The summed E-state index contributed by atoms with van der Waals surface area (Å²) in [5.41, 5.74) is 2.18. The molecule has 1 aromatic rings. The minimum absolute atomic E-state index is 0.134. The Balaban J connectivity index is 2.34. The highest BCUT2D eigenvalue weighted by Crippen LogP contribution is 2.12. The fourth-order valence-corrected chi connectivity index (χ4v) is 1.80. The lowest BCUT2D eigenvalue weighted by Crippen LogP contribution is -2.11. The molecule has 0 aliphatic rings. The molecule has 1 aromatic carbocycles. The largest absolute Gasteiger partial charge is 0.326 e. The number of hydrogen-bond acceptors (Lipinski definition) is 1. The number of anilines is 1. The van der Waals surface area contributed by atoms with E-state index in [1.807, 2.05) is 18.2 Å². The van der Waals surface area contributed by atoms with Gasteiger partial charge in [0.15, 0.2) is 0 Å². The van der Waals surface area contributed by atoms with Crippen molar-refractivity contribution in [2.45, 2.75) is 52.4 Å². The van der Waals surface area contributed by atoms with Crippen molar-refractivity contribution in [3.8, 4) is 0 Å². The summed E-state index contributed by atoms with van der Waals surface area (Å²) in [6.45, 7) is 4.29. The highest BCUT2D eigenvalue weighted by Gasteiger charge is 2.02. The predicted octanol–water partition coefficient (Wildman–Crippen LogP) is 4.16. The van der Waals surface area contributed by atoms with Crippen LogP contribution in [0.15, 0.2) is 24.3 Å². The van der Waals surface area contributed by atoms with Gasteiger partial charge in [-0.25, -0.2) is 0 Å². The summed E-state index contributed by atoms with van der Waals surface area (Å²) < 4.78 is 0. The maximum Gasteiger partial charge on any atom is 0.224 e. The minimum Gasteiger partial charge on any atom is -0.326 e. The Hall–Kier alpha value is -1.31. The van der Waals surface area contributed by atoms with Crippen LogP contribution in [0, 0.1) is 0 Å². The van der Waals surface area contributed by atoms with Crippen LogP contribution in [0.5, 0.6) is 0 Å². The molecule has 0 heterocycles. The third-order valence-corrected chi connectivity index (χ3v) is 2.88. The average molecular weight is 233 g/mol. The maximum atomic E-state index is 11.7. The molecule has 0 bridgehead atoms. The van der Waals surface area contributed by atoms with E-state index < -0.39 is 0 Å². The van der Waals surface area contributed by atoms with E-state index in [9.17, 15) is 4.79 Å². The van der Waals surface area contributed by atoms with Gasteiger partial charge in [0.25, 0.3) is 0 Å². The Bertz CT molecular complexity index is 347. The summed E-state index contributed by atoms with van der Waals surface area (Å²) in [7, 11) is 0. The Morgan fingerprint density at radius 2 is 2.00 bits per heavy atom. The minimum atomic E-state index is 0.134. The second kappa shape index (κ2) is 7.88. The molecule has 94 valence electrons. The predicted molar refractivity (Wildman–Crippen MR) is 73.2 cm³/mol. The van der Waals surface area contributed by atoms with Crippen LogP contribution in [0.3, 0.4) is 0 Å². The lowest BCUT2D eigenvalue weighted by Gasteiger charge is -2.06. The Kier molecular flexibility index (Phi) is 6.38. The van der Waals surface area contributed by atoms with Crippen molar-refractivity contribution in [3.63, 3.8) is 0 Å². The molecule has 0 atom stereocenters. The lowest BCUT2D eigenvalue weighted by molar-refractivity contribution is -0.116. The quantitative estimate of drug-likeness (QED) is 0.704. The van der Waals surface area contributed by atoms with E-state index in [0.29, 0.717) is 6.42 Å². The van der Waals surface area contributed by atoms with E-state index in [2.05, 4.69) is 25.2 Å². The number of hydrogen-bond donors (Lipinski definition) is 1. The van der Waals surface area contributed by atoms with Gasteiger partial charge in [-0.2, -0.15) is 0 Å². The van der Waals surface area contributed by atoms with Gasteiger partial charge < -0.3 is 5.32 Å². The van der Waals surface area contributed by atoms with E-state index in [1.54, 1.807) is 0 Å². The summed E-state index contributed by atoms with van der Waals surface area (Å²) in [4.78, 5) is 11.7. The third-order valence-electron chi connectivity index (χ3n) is 2.88. The average Bonchev–Trinajstić information content (AvgIpc) is 2.35. The van der Waals surface area contributed by atoms with Gasteiger partial charge in [-0.1, -0.05) is 45.2 Å². The smallest absolute Gasteiger partial charge is 0.224 e. The second-order valence-electron chi connectivity index (χ2n) is 4.41. The van der Waals surface area contributed by atoms with Gasteiger partial charge >= 0.3 is 0 Å². The molecule has 1 amide bonds. The first-order chi connectivity index (χ1) is 8.26. The molecule has 2 heteroatoms. The van der Waals surface area contributed by atoms with Crippen molar-refractivity contribution in [1.29, 1.82) is 0 Å². The van der Waals surface area contributed by atoms with Crippen molar-refractivity contribution >= 4 is 11.6 Å². The number of aryl methyl sites for hydroxylation is 1. The van der Waals surface area contributed by atoms with Gasteiger partial charge in [0.2, 0.25) is 5.91 Å². The van der Waals surface area contributed by atoms with Gasteiger partial charge in [0.05, 0.1) is 0 Å². The molecule has 0 aliphatic heterocycles. The number of carbonyl (C=O) groups excluding carboxylic acids is 1. The SMILES string of the molecule is CCCCCCC(=O)Nc1cccc(CC)c1. The van der Waals surface area contributed by atoms with Crippen molar-refractivity contribution in [1.82, 2.24) is 0 Å². The van der Waals surface area contributed by atoms with Gasteiger partial charge in [-0.15, -0.1) is 0 Å². The Morgan fingerprint density at radius 1 is 1.18 bits per heavy atom. The first kappa shape index (κ1) is 13.8. The number of benzene rings is 1. The highest BCUT2D eigenvalue weighted by molar-refractivity contribution is 5.90. The van der Waals surface area contributed by atoms with Crippen molar-refractivity contribution in [2.24, 2.45) is 0 Å². The zero-order valence-electron chi connectivity index (χ0n) is 11.0. The van der Waals surface area contributed by atoms with E-state index in [1.165, 1.54) is 18.4 Å². The maximum absolute atomic E-state index is 11.7. The van der Waals surface area contributed by atoms with Crippen LogP contribution in [0.4, 0.5) is 5.69 Å². The van der Waals surface area contributed by atoms with Crippen molar-refractivity contribution in [2.75, 3.05) is 5.32 Å². The van der Waals surface area contributed by atoms with Crippen LogP contribution < -0.4 is 5.32 Å². The second-order valence-corrected chi connectivity index (χ2v) is 4.41. The standard InChI is InChI=1S/C15H23NO/c1-3-5-6-7-11-15(17)16-14-10-8-9-13(4-2)12-14/h8-10,12H,3-7,11H2,1-2H3,(H,16,17). The van der Waals surface area contributed by atoms with Crippen molar-refractivity contribution < 1.29 is 4.79 Å². The zero-order chi connectivity index (χ0) is 12.5. The summed E-state index contributed by atoms with van der Waals surface area (Å²) in [5, 5.41) is 2.95. The van der Waals surface area contributed by atoms with Gasteiger partial charge in [0, 0.05) is 12.1 Å². The Labute approximate surface area is 104 Å². The number of carbonyl (C=O) groups is 1. The third kappa shape index (κ3) is 5.53. The monoisotopic (exact) mass is 233 g/mol. The molecule has 0 radical (unpaired) electrons. The molecule has 0 spiro atoms. The van der Waals surface area contributed by atoms with Gasteiger partial charge in [-0.05, 0) is 30.5 Å². The molecule has 1 N–H and O–H groups in total. The molecular formula is C15H23NO. The normalized spacial score (nSPS) is 10.2. The summed E-state index contributed by atoms with van der Waals surface area (Å²) in [5.74, 6) is 0.134. The molecule has 0 saturated heterocycles. The topological polar surface area (TPSA) is 29.1 Å². The molecule has 0 aromatic heterocycles. The van der Waals surface area contributed by atoms with Crippen LogP contribution in [0.1, 0.15) is 51.5 Å². The van der Waals surface area contributed by atoms with Crippen LogP contribution in [0.2, 0.25) is 0 Å². The van der Waals surface area contributed by atoms with E-state index >= 15 is 0 Å². The van der Waals surface area contributed by atoms with Crippen LogP contribution in [-0.2, 0) is 11.2 Å². The molecule has 0 saturated carbocycles. The molecule has 17 heavy (non-hydrogen) atoms. The fraction of sp³-hybridized carbons (Fsp3) is 0.533. The number of amides is 1. The van der Waals surface area contributed by atoms with E-state index in [4.69, 9.17) is 0 Å². The van der Waals surface area contributed by atoms with E-state index in [0.717, 1.165) is 24.9 Å². The van der Waals surface area contributed by atoms with Crippen LogP contribution >= 0.6 is 0 Å². The lowest BCUT2D eigenvalue weighted by atomic mass is 10.1. The first-order valence-electron chi connectivity index (χ1n) is 6.65. The molecule has 0 unspecified atom stereocenters. The fourth-order valence-electron chi connectivity index (χ4n) is 1.80. The summed E-state index contributed by atoms with van der Waals surface area (Å²) in [6, 6.07) is 8.06. The van der Waals surface area contributed by atoms with Crippen LogP contribution in [0.25, 0.3) is 0 Å². The summed E-state index contributed by atoms with van der Waals surface area (Å²) in [6.07, 6.45) is 6.21. The van der Waals surface area contributed by atoms with Gasteiger partial charge in [-0.3, -0.25) is 4.79 Å². The van der Waals surface area contributed by atoms with Gasteiger partial charge in [0.1, 0.15) is 0 Å². The molecule has 2 nitrogen and oxygen atoms in total. The highest BCUT2D eigenvalue weighted by atomic mass is 16.1. The molecule has 0 aliphatic carbocycles. The molecule has 0 fully saturated rings. The number of unbranched alkanes of at least 4 members (excludes halogenated alkanes) is 3. The number of rotatable bonds is 7. The van der Waals surface area contributed by atoms with Crippen molar-refractivity contribution in [3.05, 3.63) is 29.8 Å². The zero-order valence-corrected chi connectivity index (χ0v) is 11.0. The first-order valence-corrected chi connectivity index (χ1v) is 6.65. The van der Waals surface area contributed by atoms with Crippen LogP contribution in [-0.4, -0.2) is 5.91 Å². The number of nitrogens with one attached hydrogen (secondary N) is 1. The van der Waals surface area contributed by atoms with E-state index in [-0.39, 0.29) is 5.91 Å². The molecule has 1 rings (SSSR count).